The molecule has 4 amide bonds. The van der Waals surface area contributed by atoms with Gasteiger partial charge in [-0.2, -0.15) is 0 Å². The maximum Gasteiger partial charge on any atom is 0.331 e. The van der Waals surface area contributed by atoms with Gasteiger partial charge in [0.25, 0.3) is 5.91 Å². The van der Waals surface area contributed by atoms with Crippen LogP contribution in [0.1, 0.15) is 60.3 Å². The molecule has 3 N–H and O–H groups in total. The Bertz CT molecular complexity index is 1480. The van der Waals surface area contributed by atoms with Crippen molar-refractivity contribution >= 4 is 56.5 Å². The van der Waals surface area contributed by atoms with Gasteiger partial charge in [0.1, 0.15) is 15.8 Å². The maximum absolute atomic E-state index is 13.5. The molecule has 6 rings (SSSR count). The minimum Gasteiger partial charge on any atom is -0.474 e. The van der Waals surface area contributed by atoms with Crippen LogP contribution in [0, 0.1) is 6.92 Å². The van der Waals surface area contributed by atoms with Gasteiger partial charge in [0.2, 0.25) is 11.8 Å². The lowest BCUT2D eigenvalue weighted by Crippen LogP contribution is -2.52. The van der Waals surface area contributed by atoms with Gasteiger partial charge in [-0.25, -0.2) is 14.8 Å². The minimum absolute atomic E-state index is 0.176. The standard InChI is InChI=1S/C28H30N6O4S/c1-3-21(35)31-17-9-4-5-10-18(17)32-26(36)25-24-23-20(13-14-29-27(23)39-25)34(28(37)33-24)19-11-12-22(30-15(19)2)38-16-7-6-8-16/h3,11-14,16-18H,1,4-10H2,2H3,(H,31,35)(H,32,36)(H,33,37)/t17-,18+/m0/s1. The molecular weight excluding hydrogens is 516 g/mol. The van der Waals surface area contributed by atoms with Crippen molar-refractivity contribution in [3.05, 3.63) is 47.6 Å². The van der Waals surface area contributed by atoms with Crippen molar-refractivity contribution in [3.8, 4) is 5.88 Å². The fraction of sp³-hybridized carbons (Fsp3) is 0.393. The zero-order valence-corrected chi connectivity index (χ0v) is 22.5. The van der Waals surface area contributed by atoms with E-state index in [1.54, 1.807) is 23.2 Å². The highest BCUT2D eigenvalue weighted by atomic mass is 32.1. The first-order chi connectivity index (χ1) is 18.9. The number of nitrogens with one attached hydrogen (secondary N) is 3. The third-order valence-electron chi connectivity index (χ3n) is 7.66. The number of urea groups is 1. The van der Waals surface area contributed by atoms with Crippen LogP contribution in [0.4, 0.5) is 21.9 Å². The quantitative estimate of drug-likeness (QED) is 0.360. The predicted molar refractivity (Wildman–Crippen MR) is 150 cm³/mol. The third kappa shape index (κ3) is 4.71. The number of thiophene rings is 1. The molecule has 0 saturated heterocycles. The number of aromatic nitrogens is 2. The van der Waals surface area contributed by atoms with Crippen molar-refractivity contribution in [1.29, 1.82) is 0 Å². The zero-order chi connectivity index (χ0) is 27.1. The topological polar surface area (TPSA) is 126 Å². The van der Waals surface area contributed by atoms with Crippen LogP contribution in [-0.2, 0) is 4.79 Å². The number of carbonyl (C=O) groups is 3. The Morgan fingerprint density at radius 3 is 2.56 bits per heavy atom. The Morgan fingerprint density at radius 2 is 1.87 bits per heavy atom. The van der Waals surface area contributed by atoms with Gasteiger partial charge >= 0.3 is 6.03 Å². The lowest BCUT2D eigenvalue weighted by Gasteiger charge is -2.32. The van der Waals surface area contributed by atoms with Crippen LogP contribution in [0.25, 0.3) is 10.2 Å². The second-order valence-electron chi connectivity index (χ2n) is 10.2. The van der Waals surface area contributed by atoms with Crippen molar-refractivity contribution in [3.63, 3.8) is 0 Å². The first-order valence-electron chi connectivity index (χ1n) is 13.3. The summed E-state index contributed by atoms with van der Waals surface area (Å²) < 4.78 is 5.93. The summed E-state index contributed by atoms with van der Waals surface area (Å²) in [5.41, 5.74) is 2.38. The molecule has 0 spiro atoms. The van der Waals surface area contributed by atoms with Gasteiger partial charge in [-0.3, -0.25) is 14.5 Å². The Morgan fingerprint density at radius 1 is 1.10 bits per heavy atom. The van der Waals surface area contributed by atoms with E-state index < -0.39 is 0 Å². The number of carbonyl (C=O) groups excluding carboxylic acids is 3. The van der Waals surface area contributed by atoms with E-state index in [-0.39, 0.29) is 36.0 Å². The molecule has 3 aromatic heterocycles. The molecule has 11 heteroatoms. The summed E-state index contributed by atoms with van der Waals surface area (Å²) in [6.07, 6.45) is 9.80. The molecule has 2 saturated carbocycles. The van der Waals surface area contributed by atoms with E-state index in [4.69, 9.17) is 4.74 Å². The smallest absolute Gasteiger partial charge is 0.331 e. The van der Waals surface area contributed by atoms with Crippen molar-refractivity contribution in [1.82, 2.24) is 20.6 Å². The molecule has 2 aliphatic carbocycles. The highest BCUT2D eigenvalue weighted by molar-refractivity contribution is 7.21. The van der Waals surface area contributed by atoms with E-state index in [1.165, 1.54) is 23.8 Å². The van der Waals surface area contributed by atoms with Crippen molar-refractivity contribution in [2.75, 3.05) is 10.2 Å². The number of aryl methyl sites for hydroxylation is 1. The molecule has 0 unspecified atom stereocenters. The molecule has 1 aliphatic heterocycles. The monoisotopic (exact) mass is 546 g/mol. The van der Waals surface area contributed by atoms with Crippen LogP contribution in [0.3, 0.4) is 0 Å². The van der Waals surface area contributed by atoms with E-state index >= 15 is 0 Å². The number of rotatable bonds is 7. The molecule has 0 bridgehead atoms. The summed E-state index contributed by atoms with van der Waals surface area (Å²) in [5.74, 6) is -0.00164. The molecule has 3 aromatic rings. The zero-order valence-electron chi connectivity index (χ0n) is 21.7. The average molecular weight is 547 g/mol. The number of nitrogens with zero attached hydrogens (tertiary/aromatic N) is 3. The average Bonchev–Trinajstić information content (AvgIpc) is 3.27. The van der Waals surface area contributed by atoms with E-state index in [0.29, 0.717) is 43.7 Å². The van der Waals surface area contributed by atoms with Gasteiger partial charge < -0.3 is 20.7 Å². The molecule has 2 atom stereocenters. The number of ether oxygens (including phenoxy) is 1. The molecular formula is C28H30N6O4S. The third-order valence-corrected chi connectivity index (χ3v) is 8.76. The Kier molecular flexibility index (Phi) is 6.68. The number of amides is 4. The highest BCUT2D eigenvalue weighted by Crippen LogP contribution is 2.46. The molecule has 3 aliphatic rings. The second kappa shape index (κ2) is 10.3. The van der Waals surface area contributed by atoms with Crippen molar-refractivity contribution in [2.45, 2.75) is 70.1 Å². The van der Waals surface area contributed by atoms with E-state index in [2.05, 4.69) is 32.5 Å². The van der Waals surface area contributed by atoms with Gasteiger partial charge in [-0.05, 0) is 57.2 Å². The number of hydrogen-bond donors (Lipinski definition) is 3. The summed E-state index contributed by atoms with van der Waals surface area (Å²) >= 11 is 1.24. The molecule has 0 aromatic carbocycles. The molecule has 10 nitrogen and oxygen atoms in total. The first-order valence-corrected chi connectivity index (χ1v) is 14.2. The van der Waals surface area contributed by atoms with Gasteiger partial charge in [-0.15, -0.1) is 11.3 Å². The van der Waals surface area contributed by atoms with Crippen LogP contribution in [-0.4, -0.2) is 46.0 Å². The van der Waals surface area contributed by atoms with Crippen LogP contribution in [0.5, 0.6) is 5.88 Å². The fourth-order valence-electron chi connectivity index (χ4n) is 5.43. The second-order valence-corrected chi connectivity index (χ2v) is 11.2. The predicted octanol–water partition coefficient (Wildman–Crippen LogP) is 4.96. The maximum atomic E-state index is 13.5. The summed E-state index contributed by atoms with van der Waals surface area (Å²) in [5, 5.41) is 9.68. The number of pyridine rings is 2. The van der Waals surface area contributed by atoms with Crippen LogP contribution >= 0.6 is 11.3 Å². The Balaban J connectivity index is 1.30. The molecule has 2 fully saturated rings. The van der Waals surface area contributed by atoms with Gasteiger partial charge in [0.15, 0.2) is 0 Å². The molecule has 202 valence electrons. The van der Waals surface area contributed by atoms with Gasteiger partial charge in [0.05, 0.1) is 28.1 Å². The van der Waals surface area contributed by atoms with Gasteiger partial charge in [-0.1, -0.05) is 19.4 Å². The molecule has 0 radical (unpaired) electrons. The highest BCUT2D eigenvalue weighted by Gasteiger charge is 2.35. The van der Waals surface area contributed by atoms with Crippen LogP contribution in [0.2, 0.25) is 0 Å². The van der Waals surface area contributed by atoms with E-state index in [9.17, 15) is 14.4 Å². The van der Waals surface area contributed by atoms with Gasteiger partial charge in [0, 0.05) is 24.3 Å². The number of hydrogen-bond acceptors (Lipinski definition) is 7. The van der Waals surface area contributed by atoms with Crippen molar-refractivity contribution in [2.24, 2.45) is 0 Å². The normalized spacial score (nSPS) is 20.6. The van der Waals surface area contributed by atoms with Crippen LogP contribution < -0.4 is 25.6 Å². The first kappa shape index (κ1) is 25.3. The van der Waals surface area contributed by atoms with Crippen LogP contribution in [0.15, 0.2) is 37.1 Å². The number of anilines is 3. The molecule has 39 heavy (non-hydrogen) atoms. The lowest BCUT2D eigenvalue weighted by atomic mass is 9.90. The summed E-state index contributed by atoms with van der Waals surface area (Å²) in [6.45, 7) is 5.37. The Hall–Kier alpha value is -3.99. The lowest BCUT2D eigenvalue weighted by molar-refractivity contribution is -0.117. The van der Waals surface area contributed by atoms with E-state index in [0.717, 1.165) is 38.5 Å². The largest absolute Gasteiger partial charge is 0.474 e. The fourth-order valence-corrected chi connectivity index (χ4v) is 6.45. The summed E-state index contributed by atoms with van der Waals surface area (Å²) in [4.78, 5) is 50.6. The summed E-state index contributed by atoms with van der Waals surface area (Å²) in [7, 11) is 0. The van der Waals surface area contributed by atoms with Crippen molar-refractivity contribution < 1.29 is 19.1 Å². The SMILES string of the molecule is C=CC(=O)N[C@H]1CCCC[C@H]1NC(=O)c1sc2nccc3c2c1NC(=O)N3c1ccc(OC2CCC2)nc1C. The van der Waals surface area contributed by atoms with E-state index in [1.807, 2.05) is 13.0 Å². The summed E-state index contributed by atoms with van der Waals surface area (Å²) in [6, 6.07) is 4.64. The Labute approximate surface area is 229 Å². The molecule has 4 heterocycles. The minimum atomic E-state index is -0.381.